The Balaban J connectivity index is 2.08. The molecule has 0 radical (unpaired) electrons. The number of ketones is 2. The number of phenols is 1. The Labute approximate surface area is 225 Å². The van der Waals surface area contributed by atoms with Gasteiger partial charge in [-0.3, -0.25) is 9.59 Å². The average molecular weight is 543 g/mol. The molecule has 0 saturated heterocycles. The lowest BCUT2D eigenvalue weighted by Gasteiger charge is -2.40. The minimum absolute atomic E-state index is 0.0813. The largest absolute Gasteiger partial charge is 0.508 e. The number of Topliss-reactive ketones (excluding diaryl/α,β-unsaturated/α-hetero) is 1. The molecule has 2 aromatic rings. The van der Waals surface area contributed by atoms with Crippen molar-refractivity contribution >= 4 is 19.9 Å². The number of ether oxygens (including phenoxy) is 4. The van der Waals surface area contributed by atoms with E-state index in [1.807, 2.05) is 13.0 Å². The zero-order valence-electron chi connectivity index (χ0n) is 23.5. The van der Waals surface area contributed by atoms with Crippen LogP contribution in [-0.4, -0.2) is 52.8 Å². The smallest absolute Gasteiger partial charge is 0.193 e. The van der Waals surface area contributed by atoms with Gasteiger partial charge in [0.2, 0.25) is 0 Å². The summed E-state index contributed by atoms with van der Waals surface area (Å²) in [5, 5.41) is 10.2. The van der Waals surface area contributed by atoms with Crippen LogP contribution in [0.5, 0.6) is 17.2 Å². The molecule has 3 rings (SSSR count). The summed E-state index contributed by atoms with van der Waals surface area (Å²) in [6, 6.07) is 8.41. The highest BCUT2D eigenvalue weighted by atomic mass is 28.4. The third kappa shape index (κ3) is 6.53. The highest BCUT2D eigenvalue weighted by Crippen LogP contribution is 2.43. The van der Waals surface area contributed by atoms with Gasteiger partial charge in [0.05, 0.1) is 17.2 Å². The van der Waals surface area contributed by atoms with Crippen molar-refractivity contribution in [1.82, 2.24) is 0 Å². The van der Waals surface area contributed by atoms with Crippen molar-refractivity contribution in [3.63, 3.8) is 0 Å². The minimum atomic E-state index is -2.31. The fourth-order valence-corrected chi connectivity index (χ4v) is 5.35. The molecule has 1 unspecified atom stereocenters. The normalized spacial score (nSPS) is 14.7. The van der Waals surface area contributed by atoms with Crippen molar-refractivity contribution in [2.75, 3.05) is 27.8 Å². The van der Waals surface area contributed by atoms with Crippen LogP contribution in [0.3, 0.4) is 0 Å². The first-order valence-electron chi connectivity index (χ1n) is 12.5. The Morgan fingerprint density at radius 3 is 2.03 bits per heavy atom. The molecular formula is C29H38O8Si. The van der Waals surface area contributed by atoms with E-state index in [9.17, 15) is 14.7 Å². The van der Waals surface area contributed by atoms with Gasteiger partial charge < -0.3 is 28.5 Å². The van der Waals surface area contributed by atoms with Crippen LogP contribution in [0.25, 0.3) is 0 Å². The van der Waals surface area contributed by atoms with Gasteiger partial charge in [0, 0.05) is 26.2 Å². The number of hydrogen-bond acceptors (Lipinski definition) is 8. The number of hydrogen-bond donors (Lipinski definition) is 1. The zero-order valence-corrected chi connectivity index (χ0v) is 24.5. The van der Waals surface area contributed by atoms with Gasteiger partial charge >= 0.3 is 0 Å². The van der Waals surface area contributed by atoms with Gasteiger partial charge in [-0.05, 0) is 66.5 Å². The monoisotopic (exact) mass is 542 g/mol. The molecule has 206 valence electrons. The molecule has 8 nitrogen and oxygen atoms in total. The lowest BCUT2D eigenvalue weighted by molar-refractivity contribution is 0.0468. The van der Waals surface area contributed by atoms with Crippen molar-refractivity contribution in [3.05, 3.63) is 64.2 Å². The predicted octanol–water partition coefficient (Wildman–Crippen LogP) is 6.12. The number of carbonyl (C=O) groups excluding carboxylic acids is 2. The number of allylic oxidation sites excluding steroid dienone is 1. The third-order valence-electron chi connectivity index (χ3n) is 6.97. The first-order valence-corrected chi connectivity index (χ1v) is 15.4. The topological polar surface area (TPSA) is 101 Å². The van der Waals surface area contributed by atoms with E-state index in [2.05, 4.69) is 33.9 Å². The second-order valence-electron chi connectivity index (χ2n) is 10.9. The summed E-state index contributed by atoms with van der Waals surface area (Å²) >= 11 is 0. The van der Waals surface area contributed by atoms with Gasteiger partial charge in [-0.2, -0.15) is 0 Å². The van der Waals surface area contributed by atoms with Crippen LogP contribution in [0.2, 0.25) is 18.1 Å². The highest BCUT2D eigenvalue weighted by Gasteiger charge is 2.41. The van der Waals surface area contributed by atoms with Crippen LogP contribution in [0.4, 0.5) is 0 Å². The van der Waals surface area contributed by atoms with E-state index in [0.29, 0.717) is 5.57 Å². The van der Waals surface area contributed by atoms with E-state index in [0.717, 1.165) is 11.1 Å². The first-order chi connectivity index (χ1) is 17.8. The van der Waals surface area contributed by atoms with Crippen molar-refractivity contribution < 1.29 is 38.1 Å². The summed E-state index contributed by atoms with van der Waals surface area (Å²) in [6.45, 7) is 12.4. The Morgan fingerprint density at radius 2 is 1.50 bits per heavy atom. The van der Waals surface area contributed by atoms with Gasteiger partial charge in [0.25, 0.3) is 0 Å². The number of aryl methyl sites for hydroxylation is 1. The molecule has 0 heterocycles. The van der Waals surface area contributed by atoms with E-state index in [4.69, 9.17) is 23.4 Å². The van der Waals surface area contributed by atoms with Crippen molar-refractivity contribution in [2.45, 2.75) is 58.4 Å². The van der Waals surface area contributed by atoms with E-state index in [1.54, 1.807) is 24.3 Å². The second-order valence-corrected chi connectivity index (χ2v) is 15.7. The molecule has 1 aliphatic rings. The number of fused-ring (bicyclic) bond motifs is 1. The van der Waals surface area contributed by atoms with Crippen molar-refractivity contribution in [3.8, 4) is 17.2 Å². The summed E-state index contributed by atoms with van der Waals surface area (Å²) in [7, 11) is 0.631. The number of rotatable bonds is 11. The molecule has 0 fully saturated rings. The molecule has 1 atom stereocenters. The summed E-state index contributed by atoms with van der Waals surface area (Å²) in [5.41, 5.74) is 2.14. The SMILES string of the molecule is COCOc1ccc(OCOC)c2c1C(=O)C=C(CC(O[Si](C)(C)C(C)(C)C)c1cc(C)cc(O)c1)C2=O. The van der Waals surface area contributed by atoms with E-state index >= 15 is 0 Å². The number of phenolic OH excluding ortho intramolecular Hbond substituents is 1. The lowest BCUT2D eigenvalue weighted by atomic mass is 9.85. The fraction of sp³-hybridized carbons (Fsp3) is 0.448. The Hall–Kier alpha value is -2.98. The highest BCUT2D eigenvalue weighted by molar-refractivity contribution is 6.74. The quantitative estimate of drug-likeness (QED) is 0.268. The van der Waals surface area contributed by atoms with Gasteiger partial charge in [-0.15, -0.1) is 0 Å². The molecule has 0 aliphatic heterocycles. The summed E-state index contributed by atoms with van der Waals surface area (Å²) < 4.78 is 28.0. The maximum atomic E-state index is 13.9. The molecule has 2 aromatic carbocycles. The van der Waals surface area contributed by atoms with Gasteiger partial charge in [0.15, 0.2) is 33.5 Å². The summed E-state index contributed by atoms with van der Waals surface area (Å²) in [6.07, 6.45) is 0.941. The molecule has 0 spiro atoms. The number of benzene rings is 2. The Bertz CT molecular complexity index is 1210. The fourth-order valence-electron chi connectivity index (χ4n) is 4.07. The lowest BCUT2D eigenvalue weighted by Crippen LogP contribution is -2.42. The van der Waals surface area contributed by atoms with Crippen LogP contribution >= 0.6 is 0 Å². The molecule has 38 heavy (non-hydrogen) atoms. The molecule has 1 N–H and O–H groups in total. The second kappa shape index (κ2) is 11.8. The molecule has 0 aromatic heterocycles. The molecule has 9 heteroatoms. The van der Waals surface area contributed by atoms with E-state index in [-0.39, 0.29) is 65.0 Å². The maximum Gasteiger partial charge on any atom is 0.193 e. The van der Waals surface area contributed by atoms with E-state index < -0.39 is 14.4 Å². The van der Waals surface area contributed by atoms with Gasteiger partial charge in [-0.1, -0.05) is 26.8 Å². The Morgan fingerprint density at radius 1 is 0.921 bits per heavy atom. The molecule has 0 bridgehead atoms. The van der Waals surface area contributed by atoms with Crippen LogP contribution < -0.4 is 9.47 Å². The van der Waals surface area contributed by atoms with Gasteiger partial charge in [-0.25, -0.2) is 0 Å². The van der Waals surface area contributed by atoms with E-state index in [1.165, 1.54) is 20.3 Å². The first kappa shape index (κ1) is 29.6. The number of methoxy groups -OCH3 is 2. The Kier molecular flexibility index (Phi) is 9.20. The van der Waals surface area contributed by atoms with Crippen LogP contribution in [0, 0.1) is 6.92 Å². The molecule has 0 amide bonds. The molecule has 0 saturated carbocycles. The standard InChI is InChI=1S/C29H38O8Si/c1-18-11-19(13-21(30)12-18)25(37-38(7,8)29(2,3)4)15-20-14-22(31)26-23(35-16-33-5)9-10-24(36-17-34-6)27(26)28(20)32/h9-14,25,30H,15-17H2,1-8H3. The predicted molar refractivity (Wildman–Crippen MR) is 147 cm³/mol. The summed E-state index contributed by atoms with van der Waals surface area (Å²) in [4.78, 5) is 27.3. The molecular weight excluding hydrogens is 504 g/mol. The zero-order chi connectivity index (χ0) is 28.3. The molecule has 1 aliphatic carbocycles. The van der Waals surface area contributed by atoms with Crippen LogP contribution in [-0.2, 0) is 13.9 Å². The van der Waals surface area contributed by atoms with Gasteiger partial charge in [0.1, 0.15) is 17.2 Å². The average Bonchev–Trinajstić information content (AvgIpc) is 2.82. The van der Waals surface area contributed by atoms with Crippen LogP contribution in [0.1, 0.15) is 65.1 Å². The van der Waals surface area contributed by atoms with Crippen molar-refractivity contribution in [1.29, 1.82) is 0 Å². The number of aromatic hydroxyl groups is 1. The van der Waals surface area contributed by atoms with Crippen LogP contribution in [0.15, 0.2) is 42.0 Å². The number of carbonyl (C=O) groups is 2. The van der Waals surface area contributed by atoms with Crippen molar-refractivity contribution in [2.24, 2.45) is 0 Å². The third-order valence-corrected chi connectivity index (χ3v) is 11.5. The summed E-state index contributed by atoms with van der Waals surface area (Å²) in [5.74, 6) is -0.149. The minimum Gasteiger partial charge on any atom is -0.508 e. The maximum absolute atomic E-state index is 13.9.